The van der Waals surface area contributed by atoms with Crippen molar-refractivity contribution in [3.8, 4) is 5.75 Å². The second-order valence-electron chi connectivity index (χ2n) is 9.21. The van der Waals surface area contributed by atoms with E-state index in [0.29, 0.717) is 24.5 Å². The second kappa shape index (κ2) is 13.2. The first-order chi connectivity index (χ1) is 18.5. The molecule has 0 aromatic heterocycles. The van der Waals surface area contributed by atoms with Crippen LogP contribution in [0, 0.1) is 0 Å². The molecule has 0 saturated carbocycles. The van der Waals surface area contributed by atoms with E-state index in [0.717, 1.165) is 25.1 Å². The van der Waals surface area contributed by atoms with Gasteiger partial charge in [0.25, 0.3) is 0 Å². The number of carbonyl (C=O) groups is 2. The number of benzene rings is 4. The maximum atomic E-state index is 11.5. The molecule has 0 aliphatic carbocycles. The molecule has 0 radical (unpaired) electrons. The van der Waals surface area contributed by atoms with Crippen LogP contribution in [0.5, 0.6) is 5.75 Å². The van der Waals surface area contributed by atoms with Gasteiger partial charge in [-0.25, -0.2) is 4.79 Å². The molecule has 0 unspecified atom stereocenters. The highest BCUT2D eigenvalue weighted by Crippen LogP contribution is 2.26. The highest BCUT2D eigenvalue weighted by atomic mass is 16.5. The molecule has 4 aromatic carbocycles. The first kappa shape index (κ1) is 26.6. The Balaban J connectivity index is 1.51. The summed E-state index contributed by atoms with van der Waals surface area (Å²) >= 11 is 0. The minimum atomic E-state index is -0.934. The average molecular weight is 509 g/mol. The summed E-state index contributed by atoms with van der Waals surface area (Å²) in [5.41, 5.74) is 9.47. The minimum absolute atomic E-state index is 0.147. The predicted octanol–water partition coefficient (Wildman–Crippen LogP) is 5.59. The van der Waals surface area contributed by atoms with Crippen LogP contribution < -0.4 is 10.5 Å². The number of amides is 1. The normalized spacial score (nSPS) is 11.0. The fourth-order valence-electron chi connectivity index (χ4n) is 4.55. The molecule has 0 spiro atoms. The quantitative estimate of drug-likeness (QED) is 0.230. The van der Waals surface area contributed by atoms with Crippen LogP contribution in [0.3, 0.4) is 0 Å². The average Bonchev–Trinajstić information content (AvgIpc) is 2.95. The molecular weight excluding hydrogens is 476 g/mol. The fourth-order valence-corrected chi connectivity index (χ4v) is 4.55. The predicted molar refractivity (Wildman–Crippen MR) is 148 cm³/mol. The Kier molecular flexibility index (Phi) is 9.27. The minimum Gasteiger partial charge on any atom is -0.494 e. The third-order valence-corrected chi connectivity index (χ3v) is 6.43. The molecule has 0 heterocycles. The summed E-state index contributed by atoms with van der Waals surface area (Å²) in [5.74, 6) is -0.670. The zero-order valence-corrected chi connectivity index (χ0v) is 21.2. The number of aromatic carboxylic acids is 1. The van der Waals surface area contributed by atoms with Crippen LogP contribution in [0.25, 0.3) is 0 Å². The summed E-state index contributed by atoms with van der Waals surface area (Å²) in [4.78, 5) is 25.4. The number of carbonyl (C=O) groups excluding carboxylic acids is 1. The maximum absolute atomic E-state index is 11.5. The van der Waals surface area contributed by atoms with E-state index < -0.39 is 11.9 Å². The second-order valence-corrected chi connectivity index (χ2v) is 9.21. The van der Waals surface area contributed by atoms with Gasteiger partial charge in [-0.05, 0) is 53.4 Å². The number of rotatable bonds is 13. The van der Waals surface area contributed by atoms with Gasteiger partial charge < -0.3 is 15.6 Å². The maximum Gasteiger partial charge on any atom is 0.335 e. The number of nitrogens with zero attached hydrogens (tertiary/aromatic N) is 1. The van der Waals surface area contributed by atoms with Crippen molar-refractivity contribution in [3.63, 3.8) is 0 Å². The SMILES string of the molecule is NC(=O)c1cccc(OCCCN(Cc2cccc(C(=O)O)c2)CC(c2ccccc2)c2ccccc2)c1. The van der Waals surface area contributed by atoms with Crippen molar-refractivity contribution in [1.29, 1.82) is 0 Å². The number of hydrogen-bond acceptors (Lipinski definition) is 4. The van der Waals surface area contributed by atoms with Crippen LogP contribution in [0.1, 0.15) is 49.7 Å². The molecule has 38 heavy (non-hydrogen) atoms. The van der Waals surface area contributed by atoms with Crippen molar-refractivity contribution in [3.05, 3.63) is 137 Å². The Labute approximate surface area is 223 Å². The Morgan fingerprint density at radius 3 is 2.05 bits per heavy atom. The number of carboxylic acids is 1. The van der Waals surface area contributed by atoms with Crippen LogP contribution in [-0.4, -0.2) is 41.6 Å². The summed E-state index contributed by atoms with van der Waals surface area (Å²) in [5, 5.41) is 9.46. The van der Waals surface area contributed by atoms with Gasteiger partial charge in [-0.2, -0.15) is 0 Å². The van der Waals surface area contributed by atoms with Gasteiger partial charge in [-0.3, -0.25) is 9.69 Å². The van der Waals surface area contributed by atoms with Crippen molar-refractivity contribution in [1.82, 2.24) is 4.90 Å². The van der Waals surface area contributed by atoms with Crippen LogP contribution in [0.15, 0.2) is 109 Å². The Hall–Kier alpha value is -4.42. The van der Waals surface area contributed by atoms with Gasteiger partial charge in [0.2, 0.25) is 5.91 Å². The van der Waals surface area contributed by atoms with E-state index in [2.05, 4.69) is 53.4 Å². The van der Waals surface area contributed by atoms with Gasteiger partial charge in [0.15, 0.2) is 0 Å². The van der Waals surface area contributed by atoms with Crippen molar-refractivity contribution in [2.24, 2.45) is 5.73 Å². The van der Waals surface area contributed by atoms with Gasteiger partial charge in [0.1, 0.15) is 5.75 Å². The van der Waals surface area contributed by atoms with E-state index >= 15 is 0 Å². The standard InChI is InChI=1S/C32H32N2O4/c33-31(35)27-15-8-17-29(21-27)38-19-9-18-34(22-24-10-7-16-28(20-24)32(36)37)23-30(25-11-3-1-4-12-25)26-13-5-2-6-14-26/h1-8,10-17,20-21,30H,9,18-19,22-23H2,(H2,33,35)(H,36,37). The van der Waals surface area contributed by atoms with E-state index in [4.69, 9.17) is 10.5 Å². The summed E-state index contributed by atoms with van der Waals surface area (Å²) in [6.07, 6.45) is 0.746. The number of carboxylic acid groups (broad SMARTS) is 1. The summed E-state index contributed by atoms with van der Waals surface area (Å²) in [7, 11) is 0. The Morgan fingerprint density at radius 1 is 0.789 bits per heavy atom. The number of primary amides is 1. The molecule has 0 aliphatic heterocycles. The van der Waals surface area contributed by atoms with Gasteiger partial charge >= 0.3 is 5.97 Å². The topological polar surface area (TPSA) is 92.9 Å². The molecule has 0 bridgehead atoms. The monoisotopic (exact) mass is 508 g/mol. The third-order valence-electron chi connectivity index (χ3n) is 6.43. The van der Waals surface area contributed by atoms with Crippen LogP contribution >= 0.6 is 0 Å². The Morgan fingerprint density at radius 2 is 1.42 bits per heavy atom. The van der Waals surface area contributed by atoms with Crippen LogP contribution in [0.4, 0.5) is 0 Å². The lowest BCUT2D eigenvalue weighted by Gasteiger charge is -2.28. The largest absolute Gasteiger partial charge is 0.494 e. The van der Waals surface area contributed by atoms with Gasteiger partial charge in [0.05, 0.1) is 12.2 Å². The van der Waals surface area contributed by atoms with Crippen molar-refractivity contribution in [2.45, 2.75) is 18.9 Å². The number of hydrogen-bond donors (Lipinski definition) is 2. The lowest BCUT2D eigenvalue weighted by atomic mass is 9.90. The first-order valence-electron chi connectivity index (χ1n) is 12.7. The molecule has 0 fully saturated rings. The smallest absolute Gasteiger partial charge is 0.335 e. The Bertz CT molecular complexity index is 1300. The van der Waals surface area contributed by atoms with E-state index in [1.165, 1.54) is 11.1 Å². The zero-order chi connectivity index (χ0) is 26.7. The number of ether oxygens (including phenoxy) is 1. The van der Waals surface area contributed by atoms with Gasteiger partial charge in [-0.15, -0.1) is 0 Å². The van der Waals surface area contributed by atoms with E-state index in [9.17, 15) is 14.7 Å². The lowest BCUT2D eigenvalue weighted by molar-refractivity contribution is 0.0696. The number of nitrogens with two attached hydrogens (primary N) is 1. The van der Waals surface area contributed by atoms with E-state index in [1.54, 1.807) is 36.4 Å². The van der Waals surface area contributed by atoms with Crippen molar-refractivity contribution >= 4 is 11.9 Å². The van der Waals surface area contributed by atoms with Crippen molar-refractivity contribution in [2.75, 3.05) is 19.7 Å². The molecule has 6 heteroatoms. The molecular formula is C32H32N2O4. The van der Waals surface area contributed by atoms with Crippen molar-refractivity contribution < 1.29 is 19.4 Å². The summed E-state index contributed by atoms with van der Waals surface area (Å²) in [6, 6.07) is 34.8. The zero-order valence-electron chi connectivity index (χ0n) is 21.2. The van der Waals surface area contributed by atoms with Crippen LogP contribution in [0.2, 0.25) is 0 Å². The van der Waals surface area contributed by atoms with E-state index in [-0.39, 0.29) is 11.5 Å². The highest BCUT2D eigenvalue weighted by molar-refractivity contribution is 5.93. The lowest BCUT2D eigenvalue weighted by Crippen LogP contribution is -2.31. The molecule has 3 N–H and O–H groups in total. The molecule has 4 rings (SSSR count). The molecule has 6 nitrogen and oxygen atoms in total. The molecule has 0 aliphatic rings. The molecule has 194 valence electrons. The highest BCUT2D eigenvalue weighted by Gasteiger charge is 2.19. The molecule has 4 aromatic rings. The van der Waals surface area contributed by atoms with Crippen LogP contribution in [-0.2, 0) is 6.54 Å². The molecule has 0 saturated heterocycles. The molecule has 1 amide bonds. The van der Waals surface area contributed by atoms with Gasteiger partial charge in [-0.1, -0.05) is 78.9 Å². The fraction of sp³-hybridized carbons (Fsp3) is 0.188. The van der Waals surface area contributed by atoms with E-state index in [1.807, 2.05) is 24.3 Å². The summed E-state index contributed by atoms with van der Waals surface area (Å²) < 4.78 is 5.91. The van der Waals surface area contributed by atoms with Gasteiger partial charge in [0, 0.05) is 31.1 Å². The molecule has 0 atom stereocenters. The first-order valence-corrected chi connectivity index (χ1v) is 12.7. The summed E-state index contributed by atoms with van der Waals surface area (Å²) in [6.45, 7) is 2.56. The third kappa shape index (κ3) is 7.54.